The number of aliphatic hydroxyl groups excluding tert-OH is 1. The number of amides is 2. The predicted octanol–water partition coefficient (Wildman–Crippen LogP) is 3.08. The number of hydrogen-bond donors (Lipinski definition) is 1. The lowest BCUT2D eigenvalue weighted by molar-refractivity contribution is 0.0677. The van der Waals surface area contributed by atoms with E-state index in [1.165, 1.54) is 4.90 Å². The van der Waals surface area contributed by atoms with Crippen LogP contribution in [-0.2, 0) is 0 Å². The molecule has 0 atom stereocenters. The molecule has 1 aliphatic rings. The number of carbonyl (C=O) groups is 2. The van der Waals surface area contributed by atoms with Crippen LogP contribution in [0.5, 0.6) is 0 Å². The smallest absolute Gasteiger partial charge is 0.261 e. The number of benzene rings is 1. The van der Waals surface area contributed by atoms with Crippen LogP contribution in [0, 0.1) is 0 Å². The zero-order chi connectivity index (χ0) is 16.2. The van der Waals surface area contributed by atoms with Crippen LogP contribution < -0.4 is 0 Å². The van der Waals surface area contributed by atoms with E-state index in [0.29, 0.717) is 17.3 Å². The normalized spacial score (nSPS) is 14.6. The Morgan fingerprint density at radius 1 is 0.955 bits per heavy atom. The first kappa shape index (κ1) is 16.9. The Balaban J connectivity index is 1.93. The summed E-state index contributed by atoms with van der Waals surface area (Å²) in [6.45, 7) is 4.74. The van der Waals surface area contributed by atoms with Crippen molar-refractivity contribution in [2.24, 2.45) is 0 Å². The quantitative estimate of drug-likeness (QED) is 0.455. The first-order valence-corrected chi connectivity index (χ1v) is 11.4. The zero-order valence-corrected chi connectivity index (χ0v) is 14.5. The Morgan fingerprint density at radius 3 is 2.05 bits per heavy atom. The van der Waals surface area contributed by atoms with Crippen LogP contribution in [-0.4, -0.2) is 42.7 Å². The van der Waals surface area contributed by atoms with E-state index in [1.807, 2.05) is 0 Å². The first-order chi connectivity index (χ1) is 10.5. The molecule has 2 amide bonds. The van der Waals surface area contributed by atoms with Gasteiger partial charge >= 0.3 is 0 Å². The van der Waals surface area contributed by atoms with E-state index in [2.05, 4.69) is 13.1 Å². The Kier molecular flexibility index (Phi) is 5.53. The molecule has 0 aromatic heterocycles. The van der Waals surface area contributed by atoms with Crippen LogP contribution >= 0.6 is 0 Å². The molecular formula is C17H25NO3Si. The van der Waals surface area contributed by atoms with Gasteiger partial charge in [0.25, 0.3) is 11.8 Å². The second kappa shape index (κ2) is 7.20. The van der Waals surface area contributed by atoms with Gasteiger partial charge in [-0.2, -0.15) is 0 Å². The zero-order valence-electron chi connectivity index (χ0n) is 13.5. The summed E-state index contributed by atoms with van der Waals surface area (Å²) in [7, 11) is -1.63. The molecular weight excluding hydrogens is 294 g/mol. The van der Waals surface area contributed by atoms with E-state index in [-0.39, 0.29) is 18.4 Å². The number of carbonyl (C=O) groups excluding carboxylic acids is 2. The lowest BCUT2D eigenvalue weighted by Crippen LogP contribution is -2.45. The number of unbranched alkanes of at least 4 members (excludes halogenated alkanes) is 3. The second-order valence-corrected chi connectivity index (χ2v) is 11.9. The molecule has 1 heterocycles. The molecule has 1 aliphatic heterocycles. The lowest BCUT2D eigenvalue weighted by Gasteiger charge is -2.27. The highest BCUT2D eigenvalue weighted by molar-refractivity contribution is 6.78. The maximum Gasteiger partial charge on any atom is 0.261 e. The maximum atomic E-state index is 12.4. The predicted molar refractivity (Wildman–Crippen MR) is 89.7 cm³/mol. The number of hydrogen-bond acceptors (Lipinski definition) is 3. The lowest BCUT2D eigenvalue weighted by atomic mass is 10.1. The minimum absolute atomic E-state index is 0.138. The van der Waals surface area contributed by atoms with Crippen molar-refractivity contribution in [3.05, 3.63) is 35.4 Å². The highest BCUT2D eigenvalue weighted by Gasteiger charge is 2.38. The van der Waals surface area contributed by atoms with Gasteiger partial charge in [-0.05, 0) is 18.6 Å². The van der Waals surface area contributed by atoms with Gasteiger partial charge in [0.1, 0.15) is 0 Å². The highest BCUT2D eigenvalue weighted by Crippen LogP contribution is 2.25. The summed E-state index contributed by atoms with van der Waals surface area (Å²) in [6, 6.07) is 8.18. The summed E-state index contributed by atoms with van der Waals surface area (Å²) in [5, 5.41) is 8.79. The van der Waals surface area contributed by atoms with Crippen LogP contribution in [0.2, 0.25) is 19.1 Å². The molecule has 22 heavy (non-hydrogen) atoms. The van der Waals surface area contributed by atoms with Crippen molar-refractivity contribution in [3.8, 4) is 0 Å². The van der Waals surface area contributed by atoms with E-state index in [1.54, 1.807) is 24.3 Å². The van der Waals surface area contributed by atoms with Crippen LogP contribution in [0.3, 0.4) is 0 Å². The van der Waals surface area contributed by atoms with Crippen molar-refractivity contribution in [2.45, 2.75) is 44.8 Å². The topological polar surface area (TPSA) is 57.6 Å². The number of nitrogens with zero attached hydrogens (tertiary/aromatic N) is 1. The molecule has 0 unspecified atom stereocenters. The minimum atomic E-state index is -1.63. The molecule has 5 heteroatoms. The Labute approximate surface area is 133 Å². The van der Waals surface area contributed by atoms with Gasteiger partial charge in [-0.3, -0.25) is 14.5 Å². The van der Waals surface area contributed by atoms with Crippen molar-refractivity contribution in [2.75, 3.05) is 12.8 Å². The summed E-state index contributed by atoms with van der Waals surface area (Å²) >= 11 is 0. The molecule has 4 nitrogen and oxygen atoms in total. The van der Waals surface area contributed by atoms with Gasteiger partial charge in [-0.15, -0.1) is 0 Å². The Hall–Kier alpha value is -1.46. The molecule has 2 rings (SSSR count). The molecule has 0 aliphatic carbocycles. The molecule has 0 saturated heterocycles. The summed E-state index contributed by atoms with van der Waals surface area (Å²) in [5.41, 5.74) is 1.08. The third kappa shape index (κ3) is 3.84. The molecule has 0 radical (unpaired) electrons. The van der Waals surface area contributed by atoms with Crippen molar-refractivity contribution < 1.29 is 14.7 Å². The average Bonchev–Trinajstić information content (AvgIpc) is 2.72. The van der Waals surface area contributed by atoms with Gasteiger partial charge in [-0.25, -0.2) is 0 Å². The largest absolute Gasteiger partial charge is 0.396 e. The minimum Gasteiger partial charge on any atom is -0.396 e. The molecule has 0 fully saturated rings. The molecule has 120 valence electrons. The van der Waals surface area contributed by atoms with Crippen LogP contribution in [0.25, 0.3) is 0 Å². The summed E-state index contributed by atoms with van der Waals surface area (Å²) < 4.78 is 0. The Bertz CT molecular complexity index is 522. The first-order valence-electron chi connectivity index (χ1n) is 8.02. The third-order valence-corrected chi connectivity index (χ3v) is 7.11. The monoisotopic (exact) mass is 319 g/mol. The van der Waals surface area contributed by atoms with Gasteiger partial charge in [0.2, 0.25) is 0 Å². The van der Waals surface area contributed by atoms with E-state index in [0.717, 1.165) is 31.7 Å². The fourth-order valence-corrected chi connectivity index (χ4v) is 5.47. The number of imide groups is 1. The molecule has 0 saturated carbocycles. The summed E-state index contributed by atoms with van der Waals surface area (Å²) in [4.78, 5) is 26.2. The molecule has 1 N–H and O–H groups in total. The molecule has 0 spiro atoms. The number of rotatable bonds is 8. The molecule has 0 bridgehead atoms. The van der Waals surface area contributed by atoms with Crippen molar-refractivity contribution in [3.63, 3.8) is 0 Å². The number of fused-ring (bicyclic) bond motifs is 1. The van der Waals surface area contributed by atoms with Gasteiger partial charge in [0, 0.05) is 12.8 Å². The van der Waals surface area contributed by atoms with Gasteiger partial charge in [0.15, 0.2) is 0 Å². The fraction of sp³-hybridized carbons (Fsp3) is 0.529. The number of aliphatic hydroxyl groups is 1. The van der Waals surface area contributed by atoms with Crippen LogP contribution in [0.1, 0.15) is 46.4 Å². The Morgan fingerprint density at radius 2 is 1.50 bits per heavy atom. The third-order valence-electron chi connectivity index (χ3n) is 4.23. The summed E-state index contributed by atoms with van der Waals surface area (Å²) in [6.07, 6.45) is 4.73. The van der Waals surface area contributed by atoms with Crippen molar-refractivity contribution in [1.82, 2.24) is 4.90 Å². The second-order valence-electron chi connectivity index (χ2n) is 6.79. The van der Waals surface area contributed by atoms with E-state index >= 15 is 0 Å². The van der Waals surface area contributed by atoms with E-state index in [4.69, 9.17) is 5.11 Å². The van der Waals surface area contributed by atoms with Gasteiger partial charge < -0.3 is 5.11 Å². The van der Waals surface area contributed by atoms with E-state index in [9.17, 15) is 9.59 Å². The van der Waals surface area contributed by atoms with E-state index < -0.39 is 8.07 Å². The van der Waals surface area contributed by atoms with Gasteiger partial charge in [-0.1, -0.05) is 50.5 Å². The molecule has 1 aromatic carbocycles. The summed E-state index contributed by atoms with van der Waals surface area (Å²) in [5.74, 6) is -0.275. The maximum absolute atomic E-state index is 12.4. The van der Waals surface area contributed by atoms with Gasteiger partial charge in [0.05, 0.1) is 19.2 Å². The average molecular weight is 319 g/mol. The fourth-order valence-electron chi connectivity index (χ4n) is 2.96. The highest BCUT2D eigenvalue weighted by atomic mass is 28.3. The van der Waals surface area contributed by atoms with Crippen LogP contribution in [0.4, 0.5) is 0 Å². The van der Waals surface area contributed by atoms with Crippen LogP contribution in [0.15, 0.2) is 24.3 Å². The SMILES string of the molecule is C[Si](C)(CCCCCCO)CN1C(=O)c2ccccc2C1=O. The van der Waals surface area contributed by atoms with Crippen molar-refractivity contribution >= 4 is 19.9 Å². The standard InChI is InChI=1S/C17H25NO3Si/c1-22(2,12-8-4-3-7-11-19)13-18-16(20)14-9-5-6-10-15(14)17(18)21/h5-6,9-10,19H,3-4,7-8,11-13H2,1-2H3. The van der Waals surface area contributed by atoms with Crippen molar-refractivity contribution in [1.29, 1.82) is 0 Å². The molecule has 1 aromatic rings.